The van der Waals surface area contributed by atoms with Crippen molar-refractivity contribution in [3.63, 3.8) is 0 Å². The summed E-state index contributed by atoms with van der Waals surface area (Å²) in [5.41, 5.74) is 16.7. The fraction of sp³-hybridized carbons (Fsp3) is 0. The van der Waals surface area contributed by atoms with E-state index >= 15 is 0 Å². The Bertz CT molecular complexity index is 5370. The molecule has 0 spiro atoms. The fourth-order valence-electron chi connectivity index (χ4n) is 12.7. The third-order valence-corrected chi connectivity index (χ3v) is 16.3. The molecule has 0 saturated carbocycles. The summed E-state index contributed by atoms with van der Waals surface area (Å²) < 4.78 is 9.36. The molecule has 11 aromatic carbocycles. The second-order valence-electron chi connectivity index (χ2n) is 20.9. The average molecular weight is 1050 g/mol. The molecule has 9 nitrogen and oxygen atoms in total. The zero-order valence-corrected chi connectivity index (χ0v) is 44.0. The molecule has 82 heavy (non-hydrogen) atoms. The minimum atomic E-state index is 0.542. The van der Waals surface area contributed by atoms with E-state index in [1.54, 1.807) is 0 Å². The predicted octanol–water partition coefficient (Wildman–Crippen LogP) is 17.7. The lowest BCUT2D eigenvalue weighted by Crippen LogP contribution is -2.06. The largest absolute Gasteiger partial charge is 0.309 e. The summed E-state index contributed by atoms with van der Waals surface area (Å²) in [7, 11) is 0. The monoisotopic (exact) mass is 1050 g/mol. The quantitative estimate of drug-likeness (QED) is 0.151. The Morgan fingerprint density at radius 3 is 1.27 bits per heavy atom. The smallest absolute Gasteiger partial charge is 0.238 e. The molecular weight excluding hydrogens is 1000 g/mol. The number of benzene rings is 11. The van der Waals surface area contributed by atoms with Gasteiger partial charge in [-0.3, -0.25) is 4.57 Å². The van der Waals surface area contributed by atoms with Crippen molar-refractivity contribution < 1.29 is 0 Å². The lowest BCUT2D eigenvalue weighted by Gasteiger charge is -2.12. The highest BCUT2D eigenvalue weighted by atomic mass is 15.2. The first kappa shape index (κ1) is 45.7. The maximum absolute atomic E-state index is 5.46. The van der Waals surface area contributed by atoms with Gasteiger partial charge in [0, 0.05) is 71.2 Å². The average Bonchev–Trinajstić information content (AvgIpc) is 3.63. The summed E-state index contributed by atoms with van der Waals surface area (Å²) in [5.74, 6) is 2.41. The van der Waals surface area contributed by atoms with Gasteiger partial charge in [0.2, 0.25) is 5.95 Å². The third-order valence-electron chi connectivity index (χ3n) is 16.3. The molecule has 0 atom stereocenters. The van der Waals surface area contributed by atoms with Gasteiger partial charge in [-0.1, -0.05) is 194 Å². The van der Waals surface area contributed by atoms with Crippen molar-refractivity contribution in [3.05, 3.63) is 273 Å². The lowest BCUT2D eigenvalue weighted by atomic mass is 10.0. The Balaban J connectivity index is 0.849. The first-order chi connectivity index (χ1) is 40.7. The van der Waals surface area contributed by atoms with Crippen molar-refractivity contribution >= 4 is 87.2 Å². The van der Waals surface area contributed by atoms with Gasteiger partial charge in [0.05, 0.1) is 62.2 Å². The molecule has 382 valence electrons. The van der Waals surface area contributed by atoms with Crippen LogP contribution in [0.25, 0.3) is 156 Å². The Labute approximate surface area is 469 Å². The van der Waals surface area contributed by atoms with E-state index in [1.807, 2.05) is 60.9 Å². The van der Waals surface area contributed by atoms with Gasteiger partial charge in [-0.25, -0.2) is 15.0 Å². The van der Waals surface area contributed by atoms with E-state index in [0.717, 1.165) is 116 Å². The molecule has 0 aliphatic rings. The number of hydrogen-bond donors (Lipinski definition) is 0. The molecule has 9 heteroatoms. The lowest BCUT2D eigenvalue weighted by molar-refractivity contribution is 0.953. The van der Waals surface area contributed by atoms with Crippen molar-refractivity contribution in [1.82, 2.24) is 43.2 Å². The molecular formula is C73H45N9. The molecule has 0 aliphatic carbocycles. The van der Waals surface area contributed by atoms with Gasteiger partial charge in [0.1, 0.15) is 0 Å². The van der Waals surface area contributed by atoms with Gasteiger partial charge in [0.25, 0.3) is 0 Å². The van der Waals surface area contributed by atoms with Crippen LogP contribution < -0.4 is 0 Å². The van der Waals surface area contributed by atoms with Crippen LogP contribution in [0.15, 0.2) is 273 Å². The Morgan fingerprint density at radius 1 is 0.232 bits per heavy atom. The summed E-state index contributed by atoms with van der Waals surface area (Å²) >= 11 is 0. The van der Waals surface area contributed by atoms with E-state index in [1.165, 1.54) is 16.2 Å². The number of rotatable bonds is 8. The van der Waals surface area contributed by atoms with Gasteiger partial charge in [-0.2, -0.15) is 9.97 Å². The summed E-state index contributed by atoms with van der Waals surface area (Å²) in [6.07, 6.45) is 3.87. The molecule has 0 bridgehead atoms. The van der Waals surface area contributed by atoms with E-state index in [2.05, 4.69) is 231 Å². The standard InChI is InChI=1S/C73H45N9/c1-5-20-46(21-6-1)70-74-44-53(45-75-70)79-61-34-17-14-31-58(61)66-63(79)40-38-57-55-37-36-49(43-65(55)81(69(57)66)52-28-11-4-12-29-52)48-24-19-25-50(42-48)72-76-71(47-22-7-2-8-23-47)77-73(78-72)82-62-35-18-15-32-59(62)67-64(82)41-39-56-54-30-13-16-33-60(54)80(68(56)67)51-26-9-3-10-27-51/h1-45H. The highest BCUT2D eigenvalue weighted by molar-refractivity contribution is 6.27. The highest BCUT2D eigenvalue weighted by Crippen LogP contribution is 2.45. The Morgan fingerprint density at radius 2 is 0.659 bits per heavy atom. The molecule has 17 aromatic rings. The van der Waals surface area contributed by atoms with Crippen molar-refractivity contribution in [3.8, 4) is 68.3 Å². The Kier molecular flexibility index (Phi) is 10.1. The maximum atomic E-state index is 5.46. The van der Waals surface area contributed by atoms with Crippen LogP contribution in [-0.4, -0.2) is 43.2 Å². The number of nitrogens with zero attached hydrogens (tertiary/aromatic N) is 9. The van der Waals surface area contributed by atoms with E-state index in [0.29, 0.717) is 23.4 Å². The van der Waals surface area contributed by atoms with Crippen molar-refractivity contribution in [2.24, 2.45) is 0 Å². The number of fused-ring (bicyclic) bond motifs is 14. The molecule has 0 unspecified atom stereocenters. The molecule has 0 aliphatic heterocycles. The highest BCUT2D eigenvalue weighted by Gasteiger charge is 2.25. The van der Waals surface area contributed by atoms with Crippen LogP contribution in [-0.2, 0) is 0 Å². The minimum absolute atomic E-state index is 0.542. The fourth-order valence-corrected chi connectivity index (χ4v) is 12.7. The van der Waals surface area contributed by atoms with E-state index < -0.39 is 0 Å². The van der Waals surface area contributed by atoms with Crippen LogP contribution in [0.4, 0.5) is 0 Å². The number of aromatic nitrogens is 9. The summed E-state index contributed by atoms with van der Waals surface area (Å²) in [6, 6.07) is 92.2. The molecule has 0 N–H and O–H groups in total. The van der Waals surface area contributed by atoms with E-state index in [4.69, 9.17) is 24.9 Å². The molecule has 6 aromatic heterocycles. The van der Waals surface area contributed by atoms with Gasteiger partial charge in [-0.05, 0) is 77.9 Å². The number of hydrogen-bond acceptors (Lipinski definition) is 5. The summed E-state index contributed by atoms with van der Waals surface area (Å²) in [6.45, 7) is 0. The van der Waals surface area contributed by atoms with Gasteiger partial charge in [-0.15, -0.1) is 0 Å². The van der Waals surface area contributed by atoms with Crippen LogP contribution in [0.3, 0.4) is 0 Å². The maximum Gasteiger partial charge on any atom is 0.238 e. The second-order valence-corrected chi connectivity index (χ2v) is 20.9. The Hall–Kier alpha value is -11.3. The molecule has 17 rings (SSSR count). The molecule has 0 saturated heterocycles. The SMILES string of the molecule is c1ccc(-c2ncc(-n3c4ccccc4c4c3ccc3c5ccc(-c6cccc(-c7nc(-c8ccccc8)nc(-n8c9ccccc9c9c8ccc8c%10ccccc%10n(-c%10ccccc%10)c89)n7)c6)cc5n(-c5ccccc5)c34)cn2)cc1. The zero-order valence-electron chi connectivity index (χ0n) is 44.0. The molecule has 0 amide bonds. The van der Waals surface area contributed by atoms with Crippen molar-refractivity contribution in [2.45, 2.75) is 0 Å². The van der Waals surface area contributed by atoms with Crippen molar-refractivity contribution in [1.29, 1.82) is 0 Å². The number of para-hydroxylation sites is 5. The summed E-state index contributed by atoms with van der Waals surface area (Å²) in [4.78, 5) is 25.8. The van der Waals surface area contributed by atoms with Crippen LogP contribution in [0.1, 0.15) is 0 Å². The predicted molar refractivity (Wildman–Crippen MR) is 335 cm³/mol. The molecule has 6 heterocycles. The second kappa shape index (κ2) is 18.1. The first-order valence-electron chi connectivity index (χ1n) is 27.6. The van der Waals surface area contributed by atoms with Gasteiger partial charge >= 0.3 is 0 Å². The normalized spacial score (nSPS) is 11.9. The minimum Gasteiger partial charge on any atom is -0.309 e. The van der Waals surface area contributed by atoms with Crippen LogP contribution in [0.5, 0.6) is 0 Å². The summed E-state index contributed by atoms with van der Waals surface area (Å²) in [5, 5.41) is 9.29. The third kappa shape index (κ3) is 6.96. The molecule has 0 radical (unpaired) electrons. The van der Waals surface area contributed by atoms with Gasteiger partial charge < -0.3 is 13.7 Å². The van der Waals surface area contributed by atoms with Crippen LogP contribution >= 0.6 is 0 Å². The molecule has 0 fully saturated rings. The zero-order chi connectivity index (χ0) is 53.8. The van der Waals surface area contributed by atoms with E-state index in [-0.39, 0.29) is 0 Å². The van der Waals surface area contributed by atoms with Crippen molar-refractivity contribution in [2.75, 3.05) is 0 Å². The van der Waals surface area contributed by atoms with Crippen LogP contribution in [0.2, 0.25) is 0 Å². The van der Waals surface area contributed by atoms with E-state index in [9.17, 15) is 0 Å². The van der Waals surface area contributed by atoms with Crippen LogP contribution in [0, 0.1) is 0 Å². The van der Waals surface area contributed by atoms with Gasteiger partial charge in [0.15, 0.2) is 17.5 Å². The topological polar surface area (TPSA) is 84.2 Å². The first-order valence-corrected chi connectivity index (χ1v) is 27.6.